The maximum absolute atomic E-state index is 11.8. The minimum atomic E-state index is -0.109. The van der Waals surface area contributed by atoms with Gasteiger partial charge < -0.3 is 11.1 Å². The lowest BCUT2D eigenvalue weighted by Crippen LogP contribution is -2.27. The number of nitrogens with one attached hydrogen (secondary N) is 1. The van der Waals surface area contributed by atoms with E-state index >= 15 is 0 Å². The summed E-state index contributed by atoms with van der Waals surface area (Å²) in [6.45, 7) is 11.6. The molecule has 0 aromatic heterocycles. The first-order valence-corrected chi connectivity index (χ1v) is 5.23. The Hall–Kier alpha value is -1.61. The molecule has 3 N–H and O–H groups in total. The number of nitrogens with two attached hydrogens (primary N) is 1. The van der Waals surface area contributed by atoms with Crippen LogP contribution in [0.4, 0.5) is 0 Å². The molecule has 0 spiro atoms. The van der Waals surface area contributed by atoms with Gasteiger partial charge in [-0.25, -0.2) is 0 Å². The van der Waals surface area contributed by atoms with Crippen LogP contribution in [0.2, 0.25) is 0 Å². The second kappa shape index (κ2) is 8.68. The van der Waals surface area contributed by atoms with E-state index in [9.17, 15) is 4.79 Å². The Labute approximate surface area is 97.4 Å². The molecule has 0 aliphatic heterocycles. The van der Waals surface area contributed by atoms with Crippen LogP contribution in [0.5, 0.6) is 0 Å². The van der Waals surface area contributed by atoms with Crippen molar-refractivity contribution in [2.45, 2.75) is 12.8 Å². The molecule has 3 heteroatoms. The summed E-state index contributed by atoms with van der Waals surface area (Å²) in [6, 6.07) is 0. The summed E-state index contributed by atoms with van der Waals surface area (Å²) >= 11 is 0. The minimum absolute atomic E-state index is 0.109. The van der Waals surface area contributed by atoms with E-state index in [1.54, 1.807) is 18.2 Å². The summed E-state index contributed by atoms with van der Waals surface area (Å²) in [4.78, 5) is 11.8. The summed E-state index contributed by atoms with van der Waals surface area (Å²) in [6.07, 6.45) is 6.22. The molecule has 0 unspecified atom stereocenters. The van der Waals surface area contributed by atoms with Crippen LogP contribution in [-0.4, -0.2) is 19.0 Å². The molecule has 1 amide bonds. The standard InChI is InChI=1S/C13H20N2O/c1-4-7-11(10-14)12(8-5-2)13(16)15-9-6-3/h4-6H,1-3,7-10,14H2,(H,15,16)/b12-11-. The van der Waals surface area contributed by atoms with Crippen LogP contribution in [0, 0.1) is 0 Å². The Morgan fingerprint density at radius 2 is 1.75 bits per heavy atom. The highest BCUT2D eigenvalue weighted by molar-refractivity contribution is 5.94. The van der Waals surface area contributed by atoms with Gasteiger partial charge >= 0.3 is 0 Å². The summed E-state index contributed by atoms with van der Waals surface area (Å²) in [5.74, 6) is -0.109. The van der Waals surface area contributed by atoms with Crippen LogP contribution in [0.25, 0.3) is 0 Å². The average molecular weight is 220 g/mol. The number of carbonyl (C=O) groups excluding carboxylic acids is 1. The third-order valence-electron chi connectivity index (χ3n) is 2.09. The van der Waals surface area contributed by atoms with Crippen LogP contribution >= 0.6 is 0 Å². The molecular formula is C13H20N2O. The lowest BCUT2D eigenvalue weighted by Gasteiger charge is -2.11. The van der Waals surface area contributed by atoms with Gasteiger partial charge in [0.15, 0.2) is 0 Å². The van der Waals surface area contributed by atoms with Crippen LogP contribution in [0.1, 0.15) is 12.8 Å². The molecule has 16 heavy (non-hydrogen) atoms. The van der Waals surface area contributed by atoms with Gasteiger partial charge in [-0.15, -0.1) is 19.7 Å². The highest BCUT2D eigenvalue weighted by Crippen LogP contribution is 2.13. The normalized spacial score (nSPS) is 11.3. The fraction of sp³-hybridized carbons (Fsp3) is 0.308. The molecule has 0 aliphatic rings. The molecule has 0 atom stereocenters. The molecule has 0 aliphatic carbocycles. The van der Waals surface area contributed by atoms with Crippen LogP contribution in [-0.2, 0) is 4.79 Å². The summed E-state index contributed by atoms with van der Waals surface area (Å²) in [5, 5.41) is 2.74. The van der Waals surface area contributed by atoms with Crippen molar-refractivity contribution in [3.8, 4) is 0 Å². The van der Waals surface area contributed by atoms with E-state index in [0.29, 0.717) is 31.5 Å². The molecule has 0 fully saturated rings. The molecule has 0 aromatic carbocycles. The third kappa shape index (κ3) is 4.75. The Morgan fingerprint density at radius 3 is 2.19 bits per heavy atom. The number of hydrogen-bond donors (Lipinski definition) is 2. The predicted octanol–water partition coefficient (Wildman–Crippen LogP) is 1.70. The second-order valence-electron chi connectivity index (χ2n) is 3.27. The first kappa shape index (κ1) is 14.4. The van der Waals surface area contributed by atoms with Gasteiger partial charge in [0.1, 0.15) is 0 Å². The molecule has 0 radical (unpaired) electrons. The zero-order valence-electron chi connectivity index (χ0n) is 9.67. The van der Waals surface area contributed by atoms with Crippen molar-refractivity contribution < 1.29 is 4.79 Å². The van der Waals surface area contributed by atoms with E-state index in [1.165, 1.54) is 0 Å². The van der Waals surface area contributed by atoms with Crippen molar-refractivity contribution in [2.24, 2.45) is 5.73 Å². The van der Waals surface area contributed by atoms with Gasteiger partial charge in [0.2, 0.25) is 5.91 Å². The zero-order valence-corrected chi connectivity index (χ0v) is 9.67. The quantitative estimate of drug-likeness (QED) is 0.483. The average Bonchev–Trinajstić information content (AvgIpc) is 2.30. The van der Waals surface area contributed by atoms with Gasteiger partial charge in [0.05, 0.1) is 0 Å². The van der Waals surface area contributed by atoms with Gasteiger partial charge in [0, 0.05) is 18.7 Å². The van der Waals surface area contributed by atoms with Crippen LogP contribution < -0.4 is 11.1 Å². The van der Waals surface area contributed by atoms with Crippen molar-refractivity contribution in [2.75, 3.05) is 13.1 Å². The Morgan fingerprint density at radius 1 is 1.12 bits per heavy atom. The maximum atomic E-state index is 11.8. The molecule has 0 saturated carbocycles. The fourth-order valence-corrected chi connectivity index (χ4v) is 1.32. The number of amides is 1. The minimum Gasteiger partial charge on any atom is -0.349 e. The SMILES string of the molecule is C=CCNC(=O)/C(CC=C)=C(\CN)CC=C. The van der Waals surface area contributed by atoms with Gasteiger partial charge in [-0.3, -0.25) is 4.79 Å². The summed E-state index contributed by atoms with van der Waals surface area (Å²) < 4.78 is 0. The number of rotatable bonds is 8. The molecule has 0 aromatic rings. The van der Waals surface area contributed by atoms with Crippen molar-refractivity contribution in [1.29, 1.82) is 0 Å². The first-order chi connectivity index (χ1) is 7.71. The van der Waals surface area contributed by atoms with Crippen molar-refractivity contribution in [1.82, 2.24) is 5.32 Å². The Kier molecular flexibility index (Phi) is 7.81. The summed E-state index contributed by atoms with van der Waals surface area (Å²) in [5.41, 5.74) is 7.20. The third-order valence-corrected chi connectivity index (χ3v) is 2.09. The van der Waals surface area contributed by atoms with Gasteiger partial charge in [-0.1, -0.05) is 18.2 Å². The summed E-state index contributed by atoms with van der Waals surface area (Å²) in [7, 11) is 0. The van der Waals surface area contributed by atoms with Crippen LogP contribution in [0.15, 0.2) is 49.1 Å². The van der Waals surface area contributed by atoms with E-state index in [0.717, 1.165) is 5.57 Å². The van der Waals surface area contributed by atoms with E-state index in [4.69, 9.17) is 5.73 Å². The monoisotopic (exact) mass is 220 g/mol. The smallest absolute Gasteiger partial charge is 0.247 e. The highest BCUT2D eigenvalue weighted by atomic mass is 16.1. The molecule has 0 bridgehead atoms. The van der Waals surface area contributed by atoms with Crippen molar-refractivity contribution >= 4 is 5.91 Å². The van der Waals surface area contributed by atoms with E-state index in [-0.39, 0.29) is 5.91 Å². The number of hydrogen-bond acceptors (Lipinski definition) is 2. The van der Waals surface area contributed by atoms with Crippen molar-refractivity contribution in [3.05, 3.63) is 49.1 Å². The fourth-order valence-electron chi connectivity index (χ4n) is 1.32. The Balaban J connectivity index is 4.91. The predicted molar refractivity (Wildman–Crippen MR) is 68.9 cm³/mol. The lowest BCUT2D eigenvalue weighted by molar-refractivity contribution is -0.117. The van der Waals surface area contributed by atoms with Gasteiger partial charge in [0.25, 0.3) is 0 Å². The number of allylic oxidation sites excluding steroid dienone is 2. The van der Waals surface area contributed by atoms with Gasteiger partial charge in [-0.2, -0.15) is 0 Å². The maximum Gasteiger partial charge on any atom is 0.247 e. The van der Waals surface area contributed by atoms with E-state index in [2.05, 4.69) is 25.1 Å². The van der Waals surface area contributed by atoms with E-state index < -0.39 is 0 Å². The zero-order chi connectivity index (χ0) is 12.4. The molecule has 0 heterocycles. The van der Waals surface area contributed by atoms with E-state index in [1.807, 2.05) is 0 Å². The molecule has 3 nitrogen and oxygen atoms in total. The lowest BCUT2D eigenvalue weighted by atomic mass is 10.0. The molecule has 88 valence electrons. The molecule has 0 rings (SSSR count). The second-order valence-corrected chi connectivity index (χ2v) is 3.27. The van der Waals surface area contributed by atoms with Crippen LogP contribution in [0.3, 0.4) is 0 Å². The topological polar surface area (TPSA) is 55.1 Å². The number of carbonyl (C=O) groups is 1. The first-order valence-electron chi connectivity index (χ1n) is 5.23. The van der Waals surface area contributed by atoms with Gasteiger partial charge in [-0.05, 0) is 18.4 Å². The molecular weight excluding hydrogens is 200 g/mol. The highest BCUT2D eigenvalue weighted by Gasteiger charge is 2.11. The Bertz CT molecular complexity index is 303. The molecule has 0 saturated heterocycles. The largest absolute Gasteiger partial charge is 0.349 e. The van der Waals surface area contributed by atoms with Crippen molar-refractivity contribution in [3.63, 3.8) is 0 Å².